The number of hydrogen-bond acceptors (Lipinski definition) is 4. The predicted octanol–water partition coefficient (Wildman–Crippen LogP) is 1.02. The van der Waals surface area contributed by atoms with Crippen molar-refractivity contribution in [3.8, 4) is 11.5 Å². The fourth-order valence-corrected chi connectivity index (χ4v) is 1.44. The maximum atomic E-state index is 11.9. The summed E-state index contributed by atoms with van der Waals surface area (Å²) in [5.74, 6) is 0.180. The molecule has 0 bridgehead atoms. The summed E-state index contributed by atoms with van der Waals surface area (Å²) in [7, 11) is 4.43. The van der Waals surface area contributed by atoms with Crippen molar-refractivity contribution < 1.29 is 19.1 Å². The summed E-state index contributed by atoms with van der Waals surface area (Å²) in [6.07, 6.45) is -0.208. The van der Waals surface area contributed by atoms with E-state index in [2.05, 4.69) is 5.32 Å². The number of ketones is 1. The maximum Gasteiger partial charge on any atom is 0.227 e. The van der Waals surface area contributed by atoms with E-state index in [9.17, 15) is 9.59 Å². The first-order valence-corrected chi connectivity index (χ1v) is 5.08. The molecule has 0 aromatic heterocycles. The summed E-state index contributed by atoms with van der Waals surface area (Å²) in [5, 5.41) is 2.40. The van der Waals surface area contributed by atoms with E-state index in [0.717, 1.165) is 0 Å². The van der Waals surface area contributed by atoms with Crippen molar-refractivity contribution in [2.24, 2.45) is 0 Å². The number of Topliss-reactive ketones (excluding diaryl/α,β-unsaturated/α-hetero) is 1. The molecule has 0 spiro atoms. The molecule has 0 radical (unpaired) electrons. The number of amides is 1. The number of ether oxygens (including phenoxy) is 2. The summed E-state index contributed by atoms with van der Waals surface area (Å²) >= 11 is 0. The predicted molar refractivity (Wildman–Crippen MR) is 62.6 cm³/mol. The second-order valence-electron chi connectivity index (χ2n) is 3.31. The number of rotatable bonds is 5. The molecule has 0 fully saturated rings. The van der Waals surface area contributed by atoms with Crippen molar-refractivity contribution in [3.63, 3.8) is 0 Å². The van der Waals surface area contributed by atoms with Crippen molar-refractivity contribution in [2.75, 3.05) is 21.3 Å². The van der Waals surface area contributed by atoms with Crippen molar-refractivity contribution in [3.05, 3.63) is 23.8 Å². The Hall–Kier alpha value is -2.04. The minimum absolute atomic E-state index is 0.208. The van der Waals surface area contributed by atoms with Crippen LogP contribution < -0.4 is 14.8 Å². The lowest BCUT2D eigenvalue weighted by molar-refractivity contribution is -0.119. The van der Waals surface area contributed by atoms with Crippen LogP contribution in [-0.2, 0) is 4.79 Å². The van der Waals surface area contributed by atoms with Gasteiger partial charge in [-0.3, -0.25) is 9.59 Å². The fraction of sp³-hybridized carbons (Fsp3) is 0.333. The van der Waals surface area contributed by atoms with Gasteiger partial charge in [0, 0.05) is 7.05 Å². The molecule has 5 nitrogen and oxygen atoms in total. The van der Waals surface area contributed by atoms with Crippen molar-refractivity contribution >= 4 is 11.7 Å². The molecule has 0 saturated carbocycles. The Bertz CT molecular complexity index is 429. The van der Waals surface area contributed by atoms with Gasteiger partial charge in [0.1, 0.15) is 0 Å². The quantitative estimate of drug-likeness (QED) is 0.613. The van der Waals surface area contributed by atoms with Gasteiger partial charge >= 0.3 is 0 Å². The third-order valence-electron chi connectivity index (χ3n) is 2.30. The zero-order chi connectivity index (χ0) is 12.8. The SMILES string of the molecule is CNC(=O)CC(=O)c1cccc(OC)c1OC. The lowest BCUT2D eigenvalue weighted by Crippen LogP contribution is -2.21. The Balaban J connectivity index is 3.04. The van der Waals surface area contributed by atoms with E-state index in [4.69, 9.17) is 9.47 Å². The van der Waals surface area contributed by atoms with Crippen molar-refractivity contribution in [1.29, 1.82) is 0 Å². The molecule has 1 N–H and O–H groups in total. The number of methoxy groups -OCH3 is 2. The van der Waals surface area contributed by atoms with Gasteiger partial charge in [-0.15, -0.1) is 0 Å². The largest absolute Gasteiger partial charge is 0.493 e. The van der Waals surface area contributed by atoms with E-state index in [1.807, 2.05) is 0 Å². The highest BCUT2D eigenvalue weighted by atomic mass is 16.5. The van der Waals surface area contributed by atoms with Gasteiger partial charge in [-0.1, -0.05) is 6.07 Å². The zero-order valence-corrected chi connectivity index (χ0v) is 10.1. The molecule has 1 amide bonds. The highest BCUT2D eigenvalue weighted by Gasteiger charge is 2.18. The number of carbonyl (C=O) groups excluding carboxylic acids is 2. The Labute approximate surface area is 99.7 Å². The smallest absolute Gasteiger partial charge is 0.227 e. The monoisotopic (exact) mass is 237 g/mol. The van der Waals surface area contributed by atoms with Crippen LogP contribution in [0, 0.1) is 0 Å². The average molecular weight is 237 g/mol. The van der Waals surface area contributed by atoms with Gasteiger partial charge in [0.2, 0.25) is 5.91 Å². The summed E-state index contributed by atoms with van der Waals surface area (Å²) in [5.41, 5.74) is 0.343. The normalized spacial score (nSPS) is 9.59. The molecule has 1 aromatic carbocycles. The van der Waals surface area contributed by atoms with Gasteiger partial charge < -0.3 is 14.8 Å². The van der Waals surface area contributed by atoms with Crippen LogP contribution in [0.1, 0.15) is 16.8 Å². The van der Waals surface area contributed by atoms with E-state index in [0.29, 0.717) is 17.1 Å². The van der Waals surface area contributed by atoms with E-state index >= 15 is 0 Å². The minimum atomic E-state index is -0.333. The number of hydrogen-bond donors (Lipinski definition) is 1. The first-order valence-electron chi connectivity index (χ1n) is 5.08. The molecular formula is C12H15NO4. The molecule has 1 aromatic rings. The standard InChI is InChI=1S/C12H15NO4/c1-13-11(15)7-9(14)8-5-4-6-10(16-2)12(8)17-3/h4-6H,7H2,1-3H3,(H,13,15). The molecule has 0 saturated heterocycles. The van der Waals surface area contributed by atoms with Gasteiger partial charge in [-0.05, 0) is 12.1 Å². The van der Waals surface area contributed by atoms with Crippen LogP contribution in [0.3, 0.4) is 0 Å². The molecule has 1 rings (SSSR count). The van der Waals surface area contributed by atoms with Gasteiger partial charge in [-0.2, -0.15) is 0 Å². The fourth-order valence-electron chi connectivity index (χ4n) is 1.44. The molecule has 92 valence electrons. The molecule has 0 aliphatic carbocycles. The van der Waals surface area contributed by atoms with Crippen LogP contribution in [0.4, 0.5) is 0 Å². The van der Waals surface area contributed by atoms with Gasteiger partial charge in [-0.25, -0.2) is 0 Å². The first-order chi connectivity index (χ1) is 8.13. The van der Waals surface area contributed by atoms with E-state index in [1.165, 1.54) is 21.3 Å². The molecule has 0 unspecified atom stereocenters. The molecule has 0 heterocycles. The third-order valence-corrected chi connectivity index (χ3v) is 2.30. The second kappa shape index (κ2) is 5.89. The summed E-state index contributed by atoms with van der Waals surface area (Å²) in [6, 6.07) is 4.97. The Morgan fingerprint density at radius 2 is 1.94 bits per heavy atom. The van der Waals surface area contributed by atoms with Crippen molar-refractivity contribution in [2.45, 2.75) is 6.42 Å². The maximum absolute atomic E-state index is 11.9. The van der Waals surface area contributed by atoms with Crippen LogP contribution >= 0.6 is 0 Å². The lowest BCUT2D eigenvalue weighted by Gasteiger charge is -2.11. The van der Waals surface area contributed by atoms with Gasteiger partial charge in [0.25, 0.3) is 0 Å². The molecule has 5 heteroatoms. The topological polar surface area (TPSA) is 64.6 Å². The number of benzene rings is 1. The molecule has 0 aliphatic rings. The molecular weight excluding hydrogens is 222 g/mol. The number of nitrogens with one attached hydrogen (secondary N) is 1. The Kier molecular flexibility index (Phi) is 4.51. The van der Waals surface area contributed by atoms with E-state index in [1.54, 1.807) is 18.2 Å². The molecule has 17 heavy (non-hydrogen) atoms. The zero-order valence-electron chi connectivity index (χ0n) is 10.1. The number of carbonyl (C=O) groups is 2. The third kappa shape index (κ3) is 2.96. The highest BCUT2D eigenvalue weighted by Crippen LogP contribution is 2.31. The van der Waals surface area contributed by atoms with Crippen LogP contribution in [0.2, 0.25) is 0 Å². The van der Waals surface area contributed by atoms with E-state index < -0.39 is 0 Å². The minimum Gasteiger partial charge on any atom is -0.493 e. The average Bonchev–Trinajstić information content (AvgIpc) is 2.37. The van der Waals surface area contributed by atoms with Crippen LogP contribution in [0.15, 0.2) is 18.2 Å². The van der Waals surface area contributed by atoms with Crippen LogP contribution in [0.5, 0.6) is 11.5 Å². The summed E-state index contributed by atoms with van der Waals surface area (Å²) in [4.78, 5) is 23.0. The lowest BCUT2D eigenvalue weighted by atomic mass is 10.1. The Morgan fingerprint density at radius 1 is 1.24 bits per heavy atom. The first kappa shape index (κ1) is 13.0. The van der Waals surface area contributed by atoms with Crippen molar-refractivity contribution in [1.82, 2.24) is 5.32 Å². The second-order valence-corrected chi connectivity index (χ2v) is 3.31. The highest BCUT2D eigenvalue weighted by molar-refractivity contribution is 6.09. The van der Waals surface area contributed by atoms with E-state index in [-0.39, 0.29) is 18.1 Å². The number of para-hydroxylation sites is 1. The van der Waals surface area contributed by atoms with Gasteiger partial charge in [0.05, 0.1) is 26.2 Å². The van der Waals surface area contributed by atoms with Gasteiger partial charge in [0.15, 0.2) is 17.3 Å². The van der Waals surface area contributed by atoms with Crippen LogP contribution in [-0.4, -0.2) is 33.0 Å². The molecule has 0 atom stereocenters. The van der Waals surface area contributed by atoms with Crippen LogP contribution in [0.25, 0.3) is 0 Å². The summed E-state index contributed by atoms with van der Waals surface area (Å²) < 4.78 is 10.2. The summed E-state index contributed by atoms with van der Waals surface area (Å²) in [6.45, 7) is 0. The Morgan fingerprint density at radius 3 is 2.47 bits per heavy atom. The molecule has 0 aliphatic heterocycles.